The van der Waals surface area contributed by atoms with E-state index in [1.165, 1.54) is 0 Å². The third kappa shape index (κ3) is 6.44. The summed E-state index contributed by atoms with van der Waals surface area (Å²) < 4.78 is 11.8. The maximum atomic E-state index is 11.6. The Bertz CT molecular complexity index is 1220. The fraction of sp³-hybridized carbons (Fsp3) is 0.241. The Morgan fingerprint density at radius 2 is 1.72 bits per heavy atom. The fourth-order valence-electron chi connectivity index (χ4n) is 4.09. The zero-order chi connectivity index (χ0) is 25.5. The molecule has 2 unspecified atom stereocenters. The average molecular weight is 488 g/mol. The van der Waals surface area contributed by atoms with Crippen molar-refractivity contribution in [1.82, 2.24) is 0 Å². The second-order valence-corrected chi connectivity index (χ2v) is 8.69. The van der Waals surface area contributed by atoms with Crippen LogP contribution in [-0.4, -0.2) is 41.3 Å². The first-order chi connectivity index (χ1) is 17.4. The van der Waals surface area contributed by atoms with Gasteiger partial charge in [-0.05, 0) is 54.3 Å². The van der Waals surface area contributed by atoms with E-state index in [0.717, 1.165) is 28.1 Å². The Hall–Kier alpha value is -4.26. The van der Waals surface area contributed by atoms with E-state index in [1.54, 1.807) is 0 Å². The first kappa shape index (κ1) is 24.9. The first-order valence-corrected chi connectivity index (χ1v) is 11.9. The minimum atomic E-state index is -1.05. The normalized spacial score (nSPS) is 15.7. The summed E-state index contributed by atoms with van der Waals surface area (Å²) >= 11 is 0. The van der Waals surface area contributed by atoms with Gasteiger partial charge in [0.15, 0.2) is 0 Å². The molecule has 0 fully saturated rings. The first-order valence-electron chi connectivity index (χ1n) is 11.9. The maximum Gasteiger partial charge on any atom is 0.346 e. The summed E-state index contributed by atoms with van der Waals surface area (Å²) in [5.41, 5.74) is 3.74. The molecule has 0 radical (unpaired) electrons. The molecular formula is C29H29NO6. The largest absolute Gasteiger partial charge is 0.486 e. The van der Waals surface area contributed by atoms with E-state index < -0.39 is 18.0 Å². The van der Waals surface area contributed by atoms with Crippen molar-refractivity contribution in [2.75, 3.05) is 18.0 Å². The quantitative estimate of drug-likeness (QED) is 0.364. The van der Waals surface area contributed by atoms with Gasteiger partial charge >= 0.3 is 11.9 Å². The van der Waals surface area contributed by atoms with Crippen molar-refractivity contribution in [3.8, 4) is 11.5 Å². The summed E-state index contributed by atoms with van der Waals surface area (Å²) in [6.07, 6.45) is 3.29. The second-order valence-electron chi connectivity index (χ2n) is 8.69. The number of carboxylic acids is 2. The molecule has 7 heteroatoms. The topological polar surface area (TPSA) is 96.3 Å². The number of rotatable bonds is 10. The number of benzene rings is 3. The molecule has 186 valence electrons. The van der Waals surface area contributed by atoms with Crippen LogP contribution < -0.4 is 14.4 Å². The molecule has 0 amide bonds. The highest BCUT2D eigenvalue weighted by Gasteiger charge is 2.30. The molecule has 1 aliphatic heterocycles. The van der Waals surface area contributed by atoms with Gasteiger partial charge in [0.2, 0.25) is 6.10 Å². The van der Waals surface area contributed by atoms with E-state index in [-0.39, 0.29) is 19.1 Å². The van der Waals surface area contributed by atoms with Crippen molar-refractivity contribution in [3.05, 3.63) is 89.5 Å². The summed E-state index contributed by atoms with van der Waals surface area (Å²) in [5, 5.41) is 18.4. The molecule has 1 heterocycles. The van der Waals surface area contributed by atoms with Crippen LogP contribution in [0.15, 0.2) is 72.8 Å². The lowest BCUT2D eigenvalue weighted by Crippen LogP contribution is -2.44. The molecule has 0 bridgehead atoms. The summed E-state index contributed by atoms with van der Waals surface area (Å²) in [5.74, 6) is -0.657. The highest BCUT2D eigenvalue weighted by molar-refractivity contribution is 5.78. The Labute approximate surface area is 210 Å². The van der Waals surface area contributed by atoms with Crippen LogP contribution in [0.1, 0.15) is 42.6 Å². The summed E-state index contributed by atoms with van der Waals surface area (Å²) in [7, 11) is 0. The van der Waals surface area contributed by atoms with Gasteiger partial charge < -0.3 is 24.6 Å². The fourth-order valence-corrected chi connectivity index (χ4v) is 4.09. The number of aliphatic carboxylic acids is 2. The van der Waals surface area contributed by atoms with Crippen LogP contribution in [0.3, 0.4) is 0 Å². The van der Waals surface area contributed by atoms with Crippen LogP contribution in [0, 0.1) is 0 Å². The van der Waals surface area contributed by atoms with Crippen molar-refractivity contribution in [1.29, 1.82) is 0 Å². The predicted octanol–water partition coefficient (Wildman–Crippen LogP) is 5.51. The van der Waals surface area contributed by atoms with Crippen molar-refractivity contribution >= 4 is 29.8 Å². The second kappa shape index (κ2) is 11.4. The maximum absolute atomic E-state index is 11.6. The zero-order valence-electron chi connectivity index (χ0n) is 20.0. The number of hydrogen-bond acceptors (Lipinski definition) is 5. The Morgan fingerprint density at radius 3 is 2.42 bits per heavy atom. The van der Waals surface area contributed by atoms with Gasteiger partial charge in [0.1, 0.15) is 17.6 Å². The Kier molecular flexibility index (Phi) is 7.90. The van der Waals surface area contributed by atoms with Crippen LogP contribution in [0.25, 0.3) is 12.2 Å². The molecule has 2 atom stereocenters. The molecule has 1 aliphatic rings. The van der Waals surface area contributed by atoms with Gasteiger partial charge in [0, 0.05) is 13.0 Å². The molecular weight excluding hydrogens is 458 g/mol. The van der Waals surface area contributed by atoms with Crippen LogP contribution in [0.4, 0.5) is 5.69 Å². The summed E-state index contributed by atoms with van der Waals surface area (Å²) in [4.78, 5) is 24.3. The molecule has 4 rings (SSSR count). The van der Waals surface area contributed by atoms with Gasteiger partial charge in [-0.15, -0.1) is 0 Å². The number of nitrogens with zero attached hydrogens (tertiary/aromatic N) is 1. The smallest absolute Gasteiger partial charge is 0.346 e. The van der Waals surface area contributed by atoms with E-state index >= 15 is 0 Å². The number of fused-ring (bicyclic) bond motifs is 1. The van der Waals surface area contributed by atoms with Gasteiger partial charge in [-0.3, -0.25) is 4.79 Å². The third-order valence-electron chi connectivity index (χ3n) is 6.00. The van der Waals surface area contributed by atoms with E-state index in [4.69, 9.17) is 14.6 Å². The highest BCUT2D eigenvalue weighted by Crippen LogP contribution is 2.35. The highest BCUT2D eigenvalue weighted by atomic mass is 16.5. The molecule has 36 heavy (non-hydrogen) atoms. The van der Waals surface area contributed by atoms with Crippen molar-refractivity contribution < 1.29 is 29.3 Å². The molecule has 0 saturated carbocycles. The number of anilines is 1. The number of carboxylic acid groups (broad SMARTS) is 2. The Morgan fingerprint density at radius 1 is 1.03 bits per heavy atom. The van der Waals surface area contributed by atoms with Crippen molar-refractivity contribution in [2.45, 2.75) is 32.0 Å². The van der Waals surface area contributed by atoms with Gasteiger partial charge in [-0.1, -0.05) is 60.7 Å². The number of ether oxygens (including phenoxy) is 2. The van der Waals surface area contributed by atoms with Gasteiger partial charge in [0.05, 0.1) is 12.2 Å². The van der Waals surface area contributed by atoms with Crippen molar-refractivity contribution in [3.63, 3.8) is 0 Å². The van der Waals surface area contributed by atoms with Crippen LogP contribution in [0.5, 0.6) is 11.5 Å². The average Bonchev–Trinajstić information content (AvgIpc) is 2.88. The molecule has 0 aromatic heterocycles. The van der Waals surface area contributed by atoms with E-state index in [1.807, 2.05) is 96.8 Å². The van der Waals surface area contributed by atoms with Gasteiger partial charge in [-0.25, -0.2) is 4.79 Å². The molecule has 0 aliphatic carbocycles. The third-order valence-corrected chi connectivity index (χ3v) is 6.00. The standard InChI is InChI=1S/C29H29NO6/c1-20(23-6-3-2-4-7-23)35-24-14-11-21(12-15-24)9-10-22-13-16-25-26(18-22)36-27(29(33)34)19-30(25)17-5-8-28(31)32/h2-4,6-7,9-16,18,20,27H,5,8,17,19H2,1H3,(H,31,32)(H,33,34)/b10-9+. The minimum absolute atomic E-state index is 0.0280. The lowest BCUT2D eigenvalue weighted by molar-refractivity contribution is -0.145. The van der Waals surface area contributed by atoms with Gasteiger partial charge in [-0.2, -0.15) is 0 Å². The molecule has 3 aromatic carbocycles. The van der Waals surface area contributed by atoms with E-state index in [0.29, 0.717) is 18.7 Å². The molecule has 2 N–H and O–H groups in total. The zero-order valence-corrected chi connectivity index (χ0v) is 20.0. The van der Waals surface area contributed by atoms with Crippen LogP contribution in [0.2, 0.25) is 0 Å². The number of carbonyl (C=O) groups is 2. The SMILES string of the molecule is CC(Oc1ccc(/C=C/c2ccc3c(c2)OC(C(=O)O)CN3CCCC(=O)O)cc1)c1ccccc1. The monoisotopic (exact) mass is 487 g/mol. The molecule has 7 nitrogen and oxygen atoms in total. The Balaban J connectivity index is 1.43. The molecule has 0 spiro atoms. The summed E-state index contributed by atoms with van der Waals surface area (Å²) in [6.45, 7) is 2.64. The molecule has 0 saturated heterocycles. The van der Waals surface area contributed by atoms with Crippen LogP contribution >= 0.6 is 0 Å². The predicted molar refractivity (Wildman–Crippen MR) is 138 cm³/mol. The molecule has 3 aromatic rings. The van der Waals surface area contributed by atoms with Gasteiger partial charge in [0.25, 0.3) is 0 Å². The number of hydrogen-bond donors (Lipinski definition) is 2. The lowest BCUT2D eigenvalue weighted by atomic mass is 10.1. The van der Waals surface area contributed by atoms with Crippen molar-refractivity contribution in [2.24, 2.45) is 0 Å². The minimum Gasteiger partial charge on any atom is -0.486 e. The van der Waals surface area contributed by atoms with E-state index in [2.05, 4.69) is 0 Å². The summed E-state index contributed by atoms with van der Waals surface area (Å²) in [6, 6.07) is 23.5. The van der Waals surface area contributed by atoms with E-state index in [9.17, 15) is 14.7 Å². The van der Waals surface area contributed by atoms with Crippen LogP contribution in [-0.2, 0) is 9.59 Å². The lowest BCUT2D eigenvalue weighted by Gasteiger charge is -2.34.